The molecule has 4 nitrogen and oxygen atoms in total. The number of Topliss-reactive ketones (excluding diaryl/α,β-unsaturated/α-hetero) is 1. The van der Waals surface area contributed by atoms with Gasteiger partial charge in [0, 0.05) is 11.3 Å². The molecule has 0 spiro atoms. The lowest BCUT2D eigenvalue weighted by atomic mass is 9.60. The smallest absolute Gasteiger partial charge is 0.191 e. The van der Waals surface area contributed by atoms with Gasteiger partial charge in [0.15, 0.2) is 11.5 Å². The van der Waals surface area contributed by atoms with Crippen LogP contribution in [0.5, 0.6) is 0 Å². The van der Waals surface area contributed by atoms with Crippen molar-refractivity contribution in [3.63, 3.8) is 0 Å². The molecular weight excluding hydrogens is 194 g/mol. The molecule has 0 aromatic rings. The number of hydrogen-bond donors (Lipinski definition) is 1. The Morgan fingerprint density at radius 2 is 2.00 bits per heavy atom. The first-order chi connectivity index (χ1) is 6.86. The van der Waals surface area contributed by atoms with Crippen LogP contribution in [0.1, 0.15) is 33.6 Å². The molecule has 1 saturated carbocycles. The monoisotopic (exact) mass is 209 g/mol. The molecule has 82 valence electrons. The fourth-order valence-corrected chi connectivity index (χ4v) is 3.01. The number of aliphatic hydroxyl groups excluding tert-OH is 1. The fourth-order valence-electron chi connectivity index (χ4n) is 3.01. The minimum Gasteiger partial charge on any atom is -0.509 e. The Kier molecular flexibility index (Phi) is 1.85. The van der Waals surface area contributed by atoms with E-state index < -0.39 is 5.41 Å². The third-order valence-corrected chi connectivity index (χ3v) is 4.61. The van der Waals surface area contributed by atoms with Gasteiger partial charge in [0.25, 0.3) is 0 Å². The molecule has 0 aliphatic heterocycles. The molecule has 15 heavy (non-hydrogen) atoms. The van der Waals surface area contributed by atoms with Crippen molar-refractivity contribution in [3.8, 4) is 0 Å². The SMILES string of the molecule is CC1(C)[C@H]2CC[C@@]1(C)C(O)=C(N=O)C2=O. The van der Waals surface area contributed by atoms with Gasteiger partial charge in [-0.15, -0.1) is 4.91 Å². The molecule has 0 aromatic heterocycles. The van der Waals surface area contributed by atoms with Crippen LogP contribution >= 0.6 is 0 Å². The van der Waals surface area contributed by atoms with Crippen LogP contribution in [0.15, 0.2) is 16.6 Å². The van der Waals surface area contributed by atoms with E-state index in [1.807, 2.05) is 20.8 Å². The van der Waals surface area contributed by atoms with Crippen LogP contribution in [0.2, 0.25) is 0 Å². The second kappa shape index (κ2) is 2.68. The molecule has 2 bridgehead atoms. The molecule has 1 fully saturated rings. The number of nitrogens with zero attached hydrogens (tertiary/aromatic N) is 1. The second-order valence-electron chi connectivity index (χ2n) is 5.30. The van der Waals surface area contributed by atoms with Crippen molar-refractivity contribution in [1.29, 1.82) is 0 Å². The average molecular weight is 209 g/mol. The number of ketones is 1. The number of allylic oxidation sites excluding steroid dienone is 2. The van der Waals surface area contributed by atoms with Crippen LogP contribution in [0, 0.1) is 21.7 Å². The zero-order valence-corrected chi connectivity index (χ0v) is 9.20. The first-order valence-corrected chi connectivity index (χ1v) is 5.17. The highest BCUT2D eigenvalue weighted by atomic mass is 16.3. The third kappa shape index (κ3) is 0.945. The summed E-state index contributed by atoms with van der Waals surface area (Å²) in [6.45, 7) is 5.85. The van der Waals surface area contributed by atoms with Crippen LogP contribution in [0.3, 0.4) is 0 Å². The van der Waals surface area contributed by atoms with Gasteiger partial charge >= 0.3 is 0 Å². The lowest BCUT2D eigenvalue weighted by Gasteiger charge is -2.43. The van der Waals surface area contributed by atoms with Crippen molar-refractivity contribution < 1.29 is 9.90 Å². The lowest BCUT2D eigenvalue weighted by Crippen LogP contribution is -2.43. The van der Waals surface area contributed by atoms with Crippen molar-refractivity contribution in [1.82, 2.24) is 0 Å². The minimum absolute atomic E-state index is 0.110. The van der Waals surface area contributed by atoms with E-state index in [9.17, 15) is 14.8 Å². The Labute approximate surface area is 88.3 Å². The third-order valence-electron chi connectivity index (χ3n) is 4.61. The van der Waals surface area contributed by atoms with Crippen molar-refractivity contribution in [3.05, 3.63) is 16.4 Å². The number of rotatable bonds is 1. The Bertz CT molecular complexity index is 383. The Morgan fingerprint density at radius 1 is 1.40 bits per heavy atom. The molecule has 0 heterocycles. The summed E-state index contributed by atoms with van der Waals surface area (Å²) in [5.41, 5.74) is -1.02. The van der Waals surface area contributed by atoms with Gasteiger partial charge in [-0.2, -0.15) is 0 Å². The predicted octanol–water partition coefficient (Wildman–Crippen LogP) is 2.55. The van der Waals surface area contributed by atoms with E-state index in [4.69, 9.17) is 0 Å². The summed E-state index contributed by atoms with van der Waals surface area (Å²) in [5, 5.41) is 12.7. The van der Waals surface area contributed by atoms with Gasteiger partial charge in [-0.25, -0.2) is 0 Å². The van der Waals surface area contributed by atoms with E-state index in [-0.39, 0.29) is 28.6 Å². The van der Waals surface area contributed by atoms with Crippen molar-refractivity contribution in [2.45, 2.75) is 33.6 Å². The molecule has 4 heteroatoms. The topological polar surface area (TPSA) is 66.7 Å². The first kappa shape index (κ1) is 10.3. The van der Waals surface area contributed by atoms with E-state index in [1.165, 1.54) is 0 Å². The molecule has 0 radical (unpaired) electrons. The maximum absolute atomic E-state index is 11.9. The Hall–Kier alpha value is -1.19. The van der Waals surface area contributed by atoms with Crippen molar-refractivity contribution in [2.24, 2.45) is 21.9 Å². The molecule has 2 aliphatic carbocycles. The largest absolute Gasteiger partial charge is 0.509 e. The number of carbonyl (C=O) groups is 1. The van der Waals surface area contributed by atoms with Crippen molar-refractivity contribution in [2.75, 3.05) is 0 Å². The molecule has 0 amide bonds. The first-order valence-electron chi connectivity index (χ1n) is 5.17. The maximum atomic E-state index is 11.9. The quantitative estimate of drug-likeness (QED) is 0.675. The van der Waals surface area contributed by atoms with Gasteiger partial charge in [0.05, 0.1) is 0 Å². The highest BCUT2D eigenvalue weighted by molar-refractivity contribution is 5.99. The fraction of sp³-hybridized carbons (Fsp3) is 0.727. The number of fused-ring (bicyclic) bond motifs is 2. The molecule has 2 atom stereocenters. The van der Waals surface area contributed by atoms with E-state index in [1.54, 1.807) is 0 Å². The molecule has 1 N–H and O–H groups in total. The second-order valence-corrected chi connectivity index (χ2v) is 5.30. The molecule has 0 saturated heterocycles. The lowest BCUT2D eigenvalue weighted by molar-refractivity contribution is -0.125. The zero-order valence-electron chi connectivity index (χ0n) is 9.20. The van der Waals surface area contributed by atoms with Crippen LogP contribution in [0.4, 0.5) is 0 Å². The number of carbonyl (C=O) groups excluding carboxylic acids is 1. The summed E-state index contributed by atoms with van der Waals surface area (Å²) in [6.07, 6.45) is 1.46. The molecular formula is C11H15NO3. The molecule has 2 aliphatic rings. The summed E-state index contributed by atoms with van der Waals surface area (Å²) in [5.74, 6) is -0.574. The highest BCUT2D eigenvalue weighted by Gasteiger charge is 2.61. The van der Waals surface area contributed by atoms with Crippen molar-refractivity contribution >= 4 is 5.78 Å². The average Bonchev–Trinajstić information content (AvgIpc) is 2.33. The highest BCUT2D eigenvalue weighted by Crippen LogP contribution is 2.62. The van der Waals surface area contributed by atoms with Gasteiger partial charge in [-0.05, 0) is 23.4 Å². The van der Waals surface area contributed by atoms with Gasteiger partial charge in [-0.1, -0.05) is 20.8 Å². The Morgan fingerprint density at radius 3 is 2.53 bits per heavy atom. The van der Waals surface area contributed by atoms with Crippen LogP contribution in [-0.2, 0) is 4.79 Å². The zero-order chi connectivity index (χ0) is 11.4. The van der Waals surface area contributed by atoms with E-state index in [0.717, 1.165) is 12.8 Å². The van der Waals surface area contributed by atoms with E-state index in [0.29, 0.717) is 0 Å². The summed E-state index contributed by atoms with van der Waals surface area (Å²) in [4.78, 5) is 22.4. The van der Waals surface area contributed by atoms with Crippen LogP contribution in [0.25, 0.3) is 0 Å². The van der Waals surface area contributed by atoms with Gasteiger partial charge < -0.3 is 5.11 Å². The number of nitroso groups, excluding NO2 is 1. The van der Waals surface area contributed by atoms with Gasteiger partial charge in [-0.3, -0.25) is 4.79 Å². The van der Waals surface area contributed by atoms with E-state index in [2.05, 4.69) is 5.18 Å². The van der Waals surface area contributed by atoms with Crippen LogP contribution < -0.4 is 0 Å². The predicted molar refractivity (Wildman–Crippen MR) is 55.1 cm³/mol. The van der Waals surface area contributed by atoms with Gasteiger partial charge in [0.1, 0.15) is 5.76 Å². The minimum atomic E-state index is -0.477. The van der Waals surface area contributed by atoms with Gasteiger partial charge in [0.2, 0.25) is 0 Å². The normalized spacial score (nSPS) is 38.3. The maximum Gasteiger partial charge on any atom is 0.191 e. The van der Waals surface area contributed by atoms with E-state index >= 15 is 0 Å². The summed E-state index contributed by atoms with van der Waals surface area (Å²) >= 11 is 0. The standard InChI is InChI=1S/C11H15NO3/c1-10(2)6-4-5-11(10,3)9(14)7(12-15)8(6)13/h6,14H,4-5H2,1-3H3/t6-,11-/m0/s1. The molecule has 2 rings (SSSR count). The summed E-state index contributed by atoms with van der Waals surface area (Å²) in [6, 6.07) is 0. The molecule has 0 unspecified atom stereocenters. The summed E-state index contributed by atoms with van der Waals surface area (Å²) < 4.78 is 0. The Balaban J connectivity index is 2.68. The molecule has 0 aromatic carbocycles. The number of aliphatic hydroxyl groups is 1. The summed E-state index contributed by atoms with van der Waals surface area (Å²) in [7, 11) is 0. The van der Waals surface area contributed by atoms with Crippen LogP contribution in [-0.4, -0.2) is 10.9 Å². The number of hydrogen-bond acceptors (Lipinski definition) is 4.